The minimum Gasteiger partial charge on any atom is -0.298 e. The van der Waals surface area contributed by atoms with Gasteiger partial charge in [-0.15, -0.1) is 0 Å². The molecule has 0 aromatic carbocycles. The highest BCUT2D eigenvalue weighted by atomic mass is 33.1. The van der Waals surface area contributed by atoms with Crippen LogP contribution in [0.3, 0.4) is 0 Å². The second kappa shape index (κ2) is 6.54. The molecule has 0 aromatic rings. The highest BCUT2D eigenvalue weighted by Crippen LogP contribution is 2.40. The molecule has 2 heterocycles. The van der Waals surface area contributed by atoms with E-state index in [0.29, 0.717) is 29.1 Å². The van der Waals surface area contributed by atoms with Crippen molar-refractivity contribution in [2.45, 2.75) is 56.8 Å². The second-order valence-corrected chi connectivity index (χ2v) is 8.65. The maximum absolute atomic E-state index is 3.72. The van der Waals surface area contributed by atoms with Crippen LogP contribution in [-0.4, -0.2) is 71.0 Å². The third kappa shape index (κ3) is 3.60. The van der Waals surface area contributed by atoms with Gasteiger partial charge in [0.05, 0.1) is 0 Å². The monoisotopic (exact) mass is 304 g/mol. The van der Waals surface area contributed by atoms with Crippen LogP contribution >= 0.6 is 21.6 Å². The summed E-state index contributed by atoms with van der Waals surface area (Å²) in [5, 5.41) is 3.72. The van der Waals surface area contributed by atoms with E-state index in [1.807, 2.05) is 21.6 Å². The van der Waals surface area contributed by atoms with Gasteiger partial charge < -0.3 is 0 Å². The first-order chi connectivity index (χ1) is 8.90. The first-order valence-corrected chi connectivity index (χ1v) is 9.44. The molecule has 2 aliphatic rings. The Bertz CT molecular complexity index is 288. The third-order valence-corrected chi connectivity index (χ3v) is 6.85. The Morgan fingerprint density at radius 3 is 2.11 bits per heavy atom. The van der Waals surface area contributed by atoms with Crippen molar-refractivity contribution in [1.29, 1.82) is 0 Å². The Balaban J connectivity index is 1.97. The van der Waals surface area contributed by atoms with Gasteiger partial charge in [0, 0.05) is 31.2 Å². The number of hydrogen-bond acceptors (Lipinski definition) is 6. The third-order valence-electron chi connectivity index (χ3n) is 4.01. The molecule has 4 unspecified atom stereocenters. The van der Waals surface area contributed by atoms with E-state index in [1.165, 1.54) is 13.1 Å². The summed E-state index contributed by atoms with van der Waals surface area (Å²) < 4.78 is 0. The summed E-state index contributed by atoms with van der Waals surface area (Å²) in [6.07, 6.45) is 0. The van der Waals surface area contributed by atoms with Crippen LogP contribution in [0.15, 0.2) is 0 Å². The molecule has 4 atom stereocenters. The van der Waals surface area contributed by atoms with E-state index in [1.54, 1.807) is 0 Å². The summed E-state index contributed by atoms with van der Waals surface area (Å²) in [4.78, 5) is 7.50. The van der Waals surface area contributed by atoms with E-state index in [0.717, 1.165) is 0 Å². The average molecular weight is 305 g/mol. The largest absolute Gasteiger partial charge is 0.298 e. The predicted molar refractivity (Wildman–Crippen MR) is 87.1 cm³/mol. The van der Waals surface area contributed by atoms with Crippen molar-refractivity contribution >= 4 is 21.6 Å². The van der Waals surface area contributed by atoms with Crippen LogP contribution in [0.4, 0.5) is 0 Å². The predicted octanol–water partition coefficient (Wildman–Crippen LogP) is 1.90. The van der Waals surface area contributed by atoms with Crippen molar-refractivity contribution in [2.24, 2.45) is 0 Å². The summed E-state index contributed by atoms with van der Waals surface area (Å²) >= 11 is 0. The summed E-state index contributed by atoms with van der Waals surface area (Å²) in [5.41, 5.74) is 0.870. The van der Waals surface area contributed by atoms with Crippen molar-refractivity contribution in [3.8, 4) is 0 Å². The standard InChI is InChI=1S/C13H28N4S2/c1-9(2)16-7-10(3)17(11(4)8-16)13-14-12(15(5)6)18-19-13/h9-14H,7-8H2,1-6H3. The molecule has 0 saturated carbocycles. The molecule has 19 heavy (non-hydrogen) atoms. The van der Waals surface area contributed by atoms with Gasteiger partial charge in [-0.2, -0.15) is 0 Å². The molecule has 112 valence electrons. The lowest BCUT2D eigenvalue weighted by molar-refractivity contribution is 0.00693. The molecule has 0 spiro atoms. The van der Waals surface area contributed by atoms with Gasteiger partial charge in [-0.3, -0.25) is 20.0 Å². The van der Waals surface area contributed by atoms with Crippen LogP contribution in [0.5, 0.6) is 0 Å². The Morgan fingerprint density at radius 2 is 1.68 bits per heavy atom. The quantitative estimate of drug-likeness (QED) is 0.799. The van der Waals surface area contributed by atoms with E-state index in [9.17, 15) is 0 Å². The summed E-state index contributed by atoms with van der Waals surface area (Å²) in [6, 6.07) is 1.87. The van der Waals surface area contributed by atoms with Gasteiger partial charge in [0.1, 0.15) is 11.0 Å². The average Bonchev–Trinajstić information content (AvgIpc) is 2.77. The van der Waals surface area contributed by atoms with Crippen LogP contribution in [0, 0.1) is 0 Å². The molecule has 0 aromatic heterocycles. The van der Waals surface area contributed by atoms with Gasteiger partial charge in [0.15, 0.2) is 0 Å². The number of piperazine rings is 1. The Morgan fingerprint density at radius 1 is 1.11 bits per heavy atom. The minimum atomic E-state index is 0.428. The van der Waals surface area contributed by atoms with Gasteiger partial charge in [0.25, 0.3) is 0 Å². The number of nitrogens with one attached hydrogen (secondary N) is 1. The van der Waals surface area contributed by atoms with E-state index < -0.39 is 0 Å². The molecule has 1 N–H and O–H groups in total. The zero-order chi connectivity index (χ0) is 14.2. The first-order valence-electron chi connectivity index (χ1n) is 7.16. The van der Waals surface area contributed by atoms with Crippen molar-refractivity contribution in [1.82, 2.24) is 20.0 Å². The van der Waals surface area contributed by atoms with Crippen molar-refractivity contribution in [2.75, 3.05) is 27.2 Å². The molecule has 0 bridgehead atoms. The van der Waals surface area contributed by atoms with Crippen LogP contribution in [0.25, 0.3) is 0 Å². The fourth-order valence-electron chi connectivity index (χ4n) is 2.91. The Kier molecular flexibility index (Phi) is 5.48. The molecule has 6 heteroatoms. The molecular weight excluding hydrogens is 276 g/mol. The Labute approximate surface area is 126 Å². The molecular formula is C13H28N4S2. The number of rotatable bonds is 3. The zero-order valence-corrected chi connectivity index (χ0v) is 14.6. The summed E-state index contributed by atoms with van der Waals surface area (Å²) in [7, 11) is 8.19. The van der Waals surface area contributed by atoms with E-state index in [4.69, 9.17) is 0 Å². The normalized spacial score (nSPS) is 38.5. The van der Waals surface area contributed by atoms with Crippen LogP contribution in [0.1, 0.15) is 27.7 Å². The molecule has 2 aliphatic heterocycles. The molecule has 2 fully saturated rings. The van der Waals surface area contributed by atoms with Gasteiger partial charge in [0.2, 0.25) is 0 Å². The van der Waals surface area contributed by atoms with Crippen LogP contribution in [0.2, 0.25) is 0 Å². The highest BCUT2D eigenvalue weighted by molar-refractivity contribution is 8.77. The lowest BCUT2D eigenvalue weighted by atomic mass is 10.1. The smallest absolute Gasteiger partial charge is 0.121 e. The Hall–Kier alpha value is 0.540. The van der Waals surface area contributed by atoms with Crippen molar-refractivity contribution in [3.63, 3.8) is 0 Å². The maximum atomic E-state index is 3.72. The van der Waals surface area contributed by atoms with Gasteiger partial charge in [-0.1, -0.05) is 21.6 Å². The fraction of sp³-hybridized carbons (Fsp3) is 1.00. The molecule has 2 saturated heterocycles. The van der Waals surface area contributed by atoms with Gasteiger partial charge in [-0.25, -0.2) is 0 Å². The van der Waals surface area contributed by atoms with Crippen LogP contribution < -0.4 is 5.32 Å². The molecule has 2 rings (SSSR count). The summed E-state index contributed by atoms with van der Waals surface area (Å²) in [6.45, 7) is 11.7. The molecule has 4 nitrogen and oxygen atoms in total. The maximum Gasteiger partial charge on any atom is 0.121 e. The summed E-state index contributed by atoms with van der Waals surface area (Å²) in [5.74, 6) is 0. The SMILES string of the molecule is CC(C)N1CC(C)N(C2NC(N(C)C)SS2)C(C)C1. The van der Waals surface area contributed by atoms with E-state index in [2.05, 4.69) is 61.8 Å². The van der Waals surface area contributed by atoms with Crippen LogP contribution in [-0.2, 0) is 0 Å². The first kappa shape index (κ1) is 15.9. The fourth-order valence-corrected chi connectivity index (χ4v) is 6.05. The van der Waals surface area contributed by atoms with Gasteiger partial charge >= 0.3 is 0 Å². The second-order valence-electron chi connectivity index (χ2n) is 6.22. The topological polar surface area (TPSA) is 21.8 Å². The number of nitrogens with zero attached hydrogens (tertiary/aromatic N) is 3. The van der Waals surface area contributed by atoms with Crippen molar-refractivity contribution < 1.29 is 0 Å². The number of hydrogen-bond donors (Lipinski definition) is 1. The lowest BCUT2D eigenvalue weighted by Gasteiger charge is -2.48. The minimum absolute atomic E-state index is 0.428. The van der Waals surface area contributed by atoms with Crippen molar-refractivity contribution in [3.05, 3.63) is 0 Å². The zero-order valence-electron chi connectivity index (χ0n) is 13.0. The lowest BCUT2D eigenvalue weighted by Crippen LogP contribution is -2.63. The van der Waals surface area contributed by atoms with E-state index >= 15 is 0 Å². The highest BCUT2D eigenvalue weighted by Gasteiger charge is 2.39. The molecule has 0 aliphatic carbocycles. The van der Waals surface area contributed by atoms with Gasteiger partial charge in [-0.05, 0) is 41.8 Å². The van der Waals surface area contributed by atoms with E-state index in [-0.39, 0.29) is 0 Å². The molecule has 0 amide bonds. The molecule has 0 radical (unpaired) electrons.